The van der Waals surface area contributed by atoms with Gasteiger partial charge >= 0.3 is 0 Å². The van der Waals surface area contributed by atoms with Crippen molar-refractivity contribution in [1.82, 2.24) is 0 Å². The minimum absolute atomic E-state index is 0.231. The van der Waals surface area contributed by atoms with E-state index in [4.69, 9.17) is 4.74 Å². The molecule has 0 aliphatic carbocycles. The van der Waals surface area contributed by atoms with Crippen molar-refractivity contribution in [1.29, 1.82) is 0 Å². The zero-order valence-corrected chi connectivity index (χ0v) is 10.6. The summed E-state index contributed by atoms with van der Waals surface area (Å²) in [4.78, 5) is 10.4. The van der Waals surface area contributed by atoms with Crippen LogP contribution in [-0.4, -0.2) is 18.7 Å². The third-order valence-electron chi connectivity index (χ3n) is 3.20. The molecule has 0 spiro atoms. The molecule has 1 saturated heterocycles. The molecule has 98 valence electrons. The Morgan fingerprint density at radius 2 is 1.65 bits per heavy atom. The van der Waals surface area contributed by atoms with Crippen molar-refractivity contribution in [2.45, 2.75) is 63.9 Å². The molecule has 1 unspecified atom stereocenters. The second-order valence-corrected chi connectivity index (χ2v) is 4.86. The Labute approximate surface area is 104 Å². The summed E-state index contributed by atoms with van der Waals surface area (Å²) in [7, 11) is 0. The smallest absolute Gasteiger partial charge is 0.0810 e. The standard InChI is InChI=1S/C14H24O3/c1-12(14(15)16)9-7-5-3-2-4-6-8-10-13-11-17-13/h13H,1-11H2,(H,15,16)/p-1. The molecule has 0 aromatic rings. The molecule has 17 heavy (non-hydrogen) atoms. The summed E-state index contributed by atoms with van der Waals surface area (Å²) in [6.07, 6.45) is 10.7. The Balaban J connectivity index is 1.74. The highest BCUT2D eigenvalue weighted by Crippen LogP contribution is 2.18. The number of rotatable bonds is 11. The van der Waals surface area contributed by atoms with Crippen LogP contribution >= 0.6 is 0 Å². The molecule has 0 radical (unpaired) electrons. The normalized spacial score (nSPS) is 18.0. The van der Waals surface area contributed by atoms with Gasteiger partial charge in [0, 0.05) is 0 Å². The first-order valence-corrected chi connectivity index (χ1v) is 6.71. The van der Waals surface area contributed by atoms with Crippen LogP contribution in [0.4, 0.5) is 0 Å². The lowest BCUT2D eigenvalue weighted by Gasteiger charge is -2.05. The van der Waals surface area contributed by atoms with E-state index in [1.54, 1.807) is 0 Å². The van der Waals surface area contributed by atoms with E-state index in [0.29, 0.717) is 12.5 Å². The van der Waals surface area contributed by atoms with Crippen molar-refractivity contribution in [2.24, 2.45) is 0 Å². The fraction of sp³-hybridized carbons (Fsp3) is 0.786. The number of ether oxygens (including phenoxy) is 1. The predicted octanol–water partition coefficient (Wildman–Crippen LogP) is 2.20. The summed E-state index contributed by atoms with van der Waals surface area (Å²) in [5.74, 6) is -1.10. The molecule has 3 nitrogen and oxygen atoms in total. The zero-order valence-electron chi connectivity index (χ0n) is 10.6. The van der Waals surface area contributed by atoms with E-state index in [-0.39, 0.29) is 5.57 Å². The fourth-order valence-electron chi connectivity index (χ4n) is 1.93. The van der Waals surface area contributed by atoms with Gasteiger partial charge in [0.15, 0.2) is 0 Å². The number of hydrogen-bond acceptors (Lipinski definition) is 3. The van der Waals surface area contributed by atoms with E-state index < -0.39 is 5.97 Å². The van der Waals surface area contributed by atoms with Crippen LogP contribution in [0.25, 0.3) is 0 Å². The predicted molar refractivity (Wildman–Crippen MR) is 65.4 cm³/mol. The average Bonchev–Trinajstić information content (AvgIpc) is 3.10. The van der Waals surface area contributed by atoms with Gasteiger partial charge in [0.1, 0.15) is 0 Å². The molecule has 1 fully saturated rings. The number of carbonyl (C=O) groups excluding carboxylic acids is 1. The number of hydrogen-bond donors (Lipinski definition) is 0. The SMILES string of the molecule is C=C(CCCCCCCCCC1CO1)C(=O)[O-]. The lowest BCUT2D eigenvalue weighted by Crippen LogP contribution is -2.23. The van der Waals surface area contributed by atoms with Gasteiger partial charge in [0.05, 0.1) is 18.7 Å². The van der Waals surface area contributed by atoms with Crippen LogP contribution in [0.5, 0.6) is 0 Å². The quantitative estimate of drug-likeness (QED) is 0.315. The number of unbranched alkanes of at least 4 members (excludes halogenated alkanes) is 6. The van der Waals surface area contributed by atoms with Crippen molar-refractivity contribution in [3.8, 4) is 0 Å². The molecular weight excluding hydrogens is 216 g/mol. The average molecular weight is 239 g/mol. The van der Waals surface area contributed by atoms with Crippen molar-refractivity contribution in [3.63, 3.8) is 0 Å². The van der Waals surface area contributed by atoms with Gasteiger partial charge in [-0.05, 0) is 24.8 Å². The number of carboxylic acids is 1. The van der Waals surface area contributed by atoms with Crippen molar-refractivity contribution in [2.75, 3.05) is 6.61 Å². The fourth-order valence-corrected chi connectivity index (χ4v) is 1.93. The maximum absolute atomic E-state index is 10.4. The summed E-state index contributed by atoms with van der Waals surface area (Å²) >= 11 is 0. The molecule has 1 aliphatic rings. The van der Waals surface area contributed by atoms with Crippen LogP contribution in [-0.2, 0) is 9.53 Å². The minimum atomic E-state index is -1.10. The summed E-state index contributed by atoms with van der Waals surface area (Å²) in [5.41, 5.74) is 0.231. The highest BCUT2D eigenvalue weighted by molar-refractivity contribution is 5.83. The van der Waals surface area contributed by atoms with Crippen LogP contribution in [0.2, 0.25) is 0 Å². The third kappa shape index (κ3) is 7.97. The van der Waals surface area contributed by atoms with E-state index in [2.05, 4.69) is 6.58 Å². The first kappa shape index (κ1) is 14.2. The van der Waals surface area contributed by atoms with Crippen LogP contribution in [0.15, 0.2) is 12.2 Å². The van der Waals surface area contributed by atoms with E-state index in [1.165, 1.54) is 38.5 Å². The molecule has 0 saturated carbocycles. The molecule has 1 heterocycles. The summed E-state index contributed by atoms with van der Waals surface area (Å²) in [6.45, 7) is 4.44. The number of carboxylic acid groups (broad SMARTS) is 1. The van der Waals surface area contributed by atoms with Crippen LogP contribution in [0.3, 0.4) is 0 Å². The van der Waals surface area contributed by atoms with Crippen molar-refractivity contribution >= 4 is 5.97 Å². The van der Waals surface area contributed by atoms with Crippen molar-refractivity contribution < 1.29 is 14.6 Å². The molecular formula is C14H23O3-. The molecule has 1 rings (SSSR count). The molecule has 0 aromatic carbocycles. The van der Waals surface area contributed by atoms with Gasteiger partial charge in [-0.15, -0.1) is 0 Å². The largest absolute Gasteiger partial charge is 0.545 e. The second kappa shape index (κ2) is 8.29. The molecule has 0 amide bonds. The van der Waals surface area contributed by atoms with Gasteiger partial charge in [-0.1, -0.05) is 45.1 Å². The lowest BCUT2D eigenvalue weighted by atomic mass is 10.0. The zero-order chi connectivity index (χ0) is 12.5. The summed E-state index contributed by atoms with van der Waals surface area (Å²) in [6, 6.07) is 0. The van der Waals surface area contributed by atoms with Crippen molar-refractivity contribution in [3.05, 3.63) is 12.2 Å². The molecule has 0 aromatic heterocycles. The van der Waals surface area contributed by atoms with Gasteiger partial charge in [-0.25, -0.2) is 0 Å². The Morgan fingerprint density at radius 3 is 2.18 bits per heavy atom. The van der Waals surface area contributed by atoms with Gasteiger partial charge in [-0.2, -0.15) is 0 Å². The van der Waals surface area contributed by atoms with Crippen LogP contribution in [0, 0.1) is 0 Å². The van der Waals surface area contributed by atoms with E-state index >= 15 is 0 Å². The molecule has 1 aliphatic heterocycles. The van der Waals surface area contributed by atoms with Crippen LogP contribution in [0.1, 0.15) is 57.8 Å². The number of carbonyl (C=O) groups is 1. The molecule has 0 bridgehead atoms. The number of aliphatic carboxylic acids is 1. The Morgan fingerprint density at radius 1 is 1.12 bits per heavy atom. The first-order valence-electron chi connectivity index (χ1n) is 6.71. The summed E-state index contributed by atoms with van der Waals surface area (Å²) < 4.78 is 5.15. The summed E-state index contributed by atoms with van der Waals surface area (Å²) in [5, 5.41) is 10.4. The van der Waals surface area contributed by atoms with E-state index in [9.17, 15) is 9.90 Å². The minimum Gasteiger partial charge on any atom is -0.545 e. The van der Waals surface area contributed by atoms with E-state index in [1.807, 2.05) is 0 Å². The molecule has 1 atom stereocenters. The third-order valence-corrected chi connectivity index (χ3v) is 3.20. The Bertz CT molecular complexity index is 244. The second-order valence-electron chi connectivity index (χ2n) is 4.86. The topological polar surface area (TPSA) is 52.7 Å². The van der Waals surface area contributed by atoms with Gasteiger partial charge in [-0.3, -0.25) is 0 Å². The van der Waals surface area contributed by atoms with Gasteiger partial charge in [0.25, 0.3) is 0 Å². The lowest BCUT2D eigenvalue weighted by molar-refractivity contribution is -0.299. The Hall–Kier alpha value is -0.830. The van der Waals surface area contributed by atoms with E-state index in [0.717, 1.165) is 19.4 Å². The number of epoxide rings is 1. The highest BCUT2D eigenvalue weighted by Gasteiger charge is 2.20. The highest BCUT2D eigenvalue weighted by atomic mass is 16.6. The monoisotopic (exact) mass is 239 g/mol. The Kier molecular flexibility index (Phi) is 6.94. The maximum Gasteiger partial charge on any atom is 0.0810 e. The van der Waals surface area contributed by atoms with Gasteiger partial charge < -0.3 is 14.6 Å². The molecule has 0 N–H and O–H groups in total. The first-order chi connectivity index (χ1) is 8.20. The molecule has 3 heteroatoms. The van der Waals surface area contributed by atoms with Crippen LogP contribution < -0.4 is 5.11 Å². The maximum atomic E-state index is 10.4. The van der Waals surface area contributed by atoms with Gasteiger partial charge in [0.2, 0.25) is 0 Å².